The Balaban J connectivity index is 4.52. The maximum absolute atomic E-state index is 11.9. The van der Waals surface area contributed by atoms with Crippen molar-refractivity contribution in [1.82, 2.24) is 10.6 Å². The van der Waals surface area contributed by atoms with E-state index in [0.29, 0.717) is 6.54 Å². The molecule has 2 N–H and O–H groups in total. The van der Waals surface area contributed by atoms with Crippen molar-refractivity contribution in [3.63, 3.8) is 0 Å². The van der Waals surface area contributed by atoms with Crippen LogP contribution in [0.1, 0.15) is 48.0 Å². The second-order valence-corrected chi connectivity index (χ2v) is 5.59. The largest absolute Gasteiger partial charge is 0.355 e. The summed E-state index contributed by atoms with van der Waals surface area (Å²) in [7, 11) is 0. The van der Waals surface area contributed by atoms with E-state index in [2.05, 4.69) is 10.6 Å². The highest BCUT2D eigenvalue weighted by Gasteiger charge is 2.37. The second-order valence-electron chi connectivity index (χ2n) is 5.59. The SMILES string of the molecule is CCCNC(=O)C(C)(C)C(=O)NC(C)(C)C. The monoisotopic (exact) mass is 228 g/mol. The first kappa shape index (κ1) is 14.9. The molecule has 0 saturated carbocycles. The molecule has 0 aliphatic heterocycles. The summed E-state index contributed by atoms with van der Waals surface area (Å²) in [5, 5.41) is 5.56. The van der Waals surface area contributed by atoms with Gasteiger partial charge in [-0.2, -0.15) is 0 Å². The van der Waals surface area contributed by atoms with Crippen molar-refractivity contribution < 1.29 is 9.59 Å². The van der Waals surface area contributed by atoms with Gasteiger partial charge in [-0.05, 0) is 41.0 Å². The maximum atomic E-state index is 11.9. The summed E-state index contributed by atoms with van der Waals surface area (Å²) in [5.74, 6) is -0.468. The number of hydrogen-bond acceptors (Lipinski definition) is 2. The van der Waals surface area contributed by atoms with Crippen LogP contribution in [0.4, 0.5) is 0 Å². The van der Waals surface area contributed by atoms with Gasteiger partial charge in [0.1, 0.15) is 5.41 Å². The Bertz CT molecular complexity index is 265. The molecule has 0 bridgehead atoms. The minimum atomic E-state index is -1.03. The maximum Gasteiger partial charge on any atom is 0.235 e. The van der Waals surface area contributed by atoms with Crippen LogP contribution in [0.15, 0.2) is 0 Å². The van der Waals surface area contributed by atoms with Crippen LogP contribution < -0.4 is 10.6 Å². The lowest BCUT2D eigenvalue weighted by Gasteiger charge is -2.28. The minimum Gasteiger partial charge on any atom is -0.355 e. The zero-order chi connectivity index (χ0) is 13.0. The third-order valence-electron chi connectivity index (χ3n) is 2.16. The number of hydrogen-bond donors (Lipinski definition) is 2. The van der Waals surface area contributed by atoms with Gasteiger partial charge in [0, 0.05) is 12.1 Å². The van der Waals surface area contributed by atoms with Gasteiger partial charge in [-0.25, -0.2) is 0 Å². The average Bonchev–Trinajstić information content (AvgIpc) is 2.11. The van der Waals surface area contributed by atoms with Gasteiger partial charge in [0.15, 0.2) is 0 Å². The Morgan fingerprint density at radius 3 is 1.88 bits per heavy atom. The Labute approximate surface area is 98.2 Å². The van der Waals surface area contributed by atoms with Crippen LogP contribution in [0, 0.1) is 5.41 Å². The van der Waals surface area contributed by atoms with E-state index < -0.39 is 5.41 Å². The molecule has 0 radical (unpaired) electrons. The van der Waals surface area contributed by atoms with Gasteiger partial charge in [0.2, 0.25) is 11.8 Å². The van der Waals surface area contributed by atoms with Crippen LogP contribution >= 0.6 is 0 Å². The molecule has 0 saturated heterocycles. The fourth-order valence-corrected chi connectivity index (χ4v) is 1.06. The summed E-state index contributed by atoms with van der Waals surface area (Å²) < 4.78 is 0. The zero-order valence-electron chi connectivity index (χ0n) is 11.2. The lowest BCUT2D eigenvalue weighted by molar-refractivity contribution is -0.142. The smallest absolute Gasteiger partial charge is 0.235 e. The van der Waals surface area contributed by atoms with E-state index in [1.807, 2.05) is 27.7 Å². The lowest BCUT2D eigenvalue weighted by atomic mass is 9.89. The lowest BCUT2D eigenvalue weighted by Crippen LogP contribution is -2.52. The summed E-state index contributed by atoms with van der Waals surface area (Å²) in [6, 6.07) is 0. The number of rotatable bonds is 4. The molecule has 0 heterocycles. The van der Waals surface area contributed by atoms with Crippen molar-refractivity contribution in [2.75, 3.05) is 6.54 Å². The molecule has 16 heavy (non-hydrogen) atoms. The van der Waals surface area contributed by atoms with Gasteiger partial charge < -0.3 is 10.6 Å². The van der Waals surface area contributed by atoms with Gasteiger partial charge in [-0.3, -0.25) is 9.59 Å². The van der Waals surface area contributed by atoms with Gasteiger partial charge in [-0.1, -0.05) is 6.92 Å². The van der Waals surface area contributed by atoms with Crippen molar-refractivity contribution in [3.8, 4) is 0 Å². The third kappa shape index (κ3) is 4.64. The number of nitrogens with one attached hydrogen (secondary N) is 2. The summed E-state index contributed by atoms with van der Waals surface area (Å²) >= 11 is 0. The Kier molecular flexibility index (Phi) is 4.97. The Morgan fingerprint density at radius 2 is 1.50 bits per heavy atom. The van der Waals surface area contributed by atoms with E-state index in [4.69, 9.17) is 0 Å². The summed E-state index contributed by atoms with van der Waals surface area (Å²) in [6.45, 7) is 11.5. The zero-order valence-corrected chi connectivity index (χ0v) is 11.2. The fourth-order valence-electron chi connectivity index (χ4n) is 1.06. The molecule has 0 aliphatic carbocycles. The highest BCUT2D eigenvalue weighted by Crippen LogP contribution is 2.17. The van der Waals surface area contributed by atoms with Gasteiger partial charge in [-0.15, -0.1) is 0 Å². The average molecular weight is 228 g/mol. The predicted octanol–water partition coefficient (Wildman–Crippen LogP) is 1.45. The highest BCUT2D eigenvalue weighted by molar-refractivity contribution is 6.04. The Hall–Kier alpha value is -1.06. The molecule has 0 unspecified atom stereocenters. The fraction of sp³-hybridized carbons (Fsp3) is 0.833. The van der Waals surface area contributed by atoms with E-state index in [-0.39, 0.29) is 17.4 Å². The van der Waals surface area contributed by atoms with Gasteiger partial charge in [0.05, 0.1) is 0 Å². The van der Waals surface area contributed by atoms with Gasteiger partial charge >= 0.3 is 0 Å². The van der Waals surface area contributed by atoms with Crippen molar-refractivity contribution in [2.45, 2.75) is 53.5 Å². The summed E-state index contributed by atoms with van der Waals surface area (Å²) in [4.78, 5) is 23.7. The van der Waals surface area contributed by atoms with Crippen LogP contribution in [-0.2, 0) is 9.59 Å². The molecule has 4 nitrogen and oxygen atoms in total. The van der Waals surface area contributed by atoms with E-state index in [9.17, 15) is 9.59 Å². The van der Waals surface area contributed by atoms with Crippen molar-refractivity contribution in [3.05, 3.63) is 0 Å². The number of amides is 2. The molecule has 0 atom stereocenters. The molecule has 4 heteroatoms. The summed E-state index contributed by atoms with van der Waals surface area (Å²) in [5.41, 5.74) is -1.35. The van der Waals surface area contributed by atoms with E-state index in [1.54, 1.807) is 13.8 Å². The molecule has 0 aromatic carbocycles. The summed E-state index contributed by atoms with van der Waals surface area (Å²) in [6.07, 6.45) is 0.864. The molecule has 0 spiro atoms. The predicted molar refractivity (Wildman–Crippen MR) is 65.0 cm³/mol. The number of carbonyl (C=O) groups excluding carboxylic acids is 2. The first-order valence-electron chi connectivity index (χ1n) is 5.72. The first-order valence-corrected chi connectivity index (χ1v) is 5.72. The van der Waals surface area contributed by atoms with Crippen LogP contribution in [0.25, 0.3) is 0 Å². The van der Waals surface area contributed by atoms with Crippen LogP contribution in [0.2, 0.25) is 0 Å². The van der Waals surface area contributed by atoms with Gasteiger partial charge in [0.25, 0.3) is 0 Å². The third-order valence-corrected chi connectivity index (χ3v) is 2.16. The number of carbonyl (C=O) groups is 2. The van der Waals surface area contributed by atoms with E-state index in [1.165, 1.54) is 0 Å². The molecule has 0 aromatic heterocycles. The molecule has 0 fully saturated rings. The Morgan fingerprint density at radius 1 is 1.00 bits per heavy atom. The molecule has 94 valence electrons. The molecular weight excluding hydrogens is 204 g/mol. The molecule has 0 aliphatic rings. The van der Waals surface area contributed by atoms with Crippen molar-refractivity contribution >= 4 is 11.8 Å². The standard InChI is InChI=1S/C12H24N2O2/c1-7-8-13-9(15)12(5,6)10(16)14-11(2,3)4/h7-8H2,1-6H3,(H,13,15)(H,14,16). The highest BCUT2D eigenvalue weighted by atomic mass is 16.2. The quantitative estimate of drug-likeness (QED) is 0.716. The molecular formula is C12H24N2O2. The van der Waals surface area contributed by atoms with Crippen LogP contribution in [-0.4, -0.2) is 23.9 Å². The van der Waals surface area contributed by atoms with Crippen LogP contribution in [0.3, 0.4) is 0 Å². The topological polar surface area (TPSA) is 58.2 Å². The van der Waals surface area contributed by atoms with Crippen molar-refractivity contribution in [2.24, 2.45) is 5.41 Å². The van der Waals surface area contributed by atoms with E-state index in [0.717, 1.165) is 6.42 Å². The first-order chi connectivity index (χ1) is 7.11. The normalized spacial score (nSPS) is 12.1. The molecule has 0 rings (SSSR count). The second kappa shape index (κ2) is 5.32. The van der Waals surface area contributed by atoms with E-state index >= 15 is 0 Å². The van der Waals surface area contributed by atoms with Crippen LogP contribution in [0.5, 0.6) is 0 Å². The van der Waals surface area contributed by atoms with Crippen molar-refractivity contribution in [1.29, 1.82) is 0 Å². The molecule has 2 amide bonds. The molecule has 0 aromatic rings. The minimum absolute atomic E-state index is 0.226.